The van der Waals surface area contributed by atoms with Gasteiger partial charge in [0.25, 0.3) is 0 Å². The fourth-order valence-corrected chi connectivity index (χ4v) is 5.23. The molecule has 2 fully saturated rings. The first kappa shape index (κ1) is 17.8. The quantitative estimate of drug-likeness (QED) is 0.805. The number of nitrogens with zero attached hydrogens (tertiary/aromatic N) is 1. The first-order chi connectivity index (χ1) is 11.3. The van der Waals surface area contributed by atoms with Crippen LogP contribution in [-0.4, -0.2) is 53.2 Å². The molecule has 0 saturated carbocycles. The molecule has 2 aliphatic heterocycles. The van der Waals surface area contributed by atoms with Crippen molar-refractivity contribution in [3.05, 3.63) is 24.3 Å². The van der Waals surface area contributed by atoms with Gasteiger partial charge in [-0.15, -0.1) is 0 Å². The highest BCUT2D eigenvalue weighted by atomic mass is 32.2. The van der Waals surface area contributed by atoms with Gasteiger partial charge in [0.1, 0.15) is 0 Å². The number of piperidine rings is 1. The molecule has 1 atom stereocenters. The van der Waals surface area contributed by atoms with Crippen molar-refractivity contribution in [2.24, 2.45) is 5.14 Å². The van der Waals surface area contributed by atoms with Crippen LogP contribution in [-0.2, 0) is 29.5 Å². The van der Waals surface area contributed by atoms with E-state index in [4.69, 9.17) is 14.6 Å². The first-order valence-corrected chi connectivity index (χ1v) is 10.7. The number of ether oxygens (including phenoxy) is 2. The van der Waals surface area contributed by atoms with Crippen LogP contribution in [0.25, 0.3) is 0 Å². The van der Waals surface area contributed by atoms with Crippen LogP contribution in [0, 0.1) is 0 Å². The Morgan fingerprint density at radius 1 is 0.958 bits per heavy atom. The van der Waals surface area contributed by atoms with Crippen molar-refractivity contribution in [2.45, 2.75) is 41.4 Å². The molecule has 24 heavy (non-hydrogen) atoms. The molecular formula is C14H20N2O6S2. The number of hydrogen-bond donors (Lipinski definition) is 1. The molecule has 0 bridgehead atoms. The molecule has 2 aliphatic rings. The first-order valence-electron chi connectivity index (χ1n) is 7.68. The Morgan fingerprint density at radius 3 is 2.12 bits per heavy atom. The zero-order valence-corrected chi connectivity index (χ0v) is 14.6. The van der Waals surface area contributed by atoms with Crippen LogP contribution in [0.15, 0.2) is 34.1 Å². The molecule has 1 aromatic rings. The largest absolute Gasteiger partial charge is 0.349 e. The van der Waals surface area contributed by atoms with Crippen LogP contribution in [0.2, 0.25) is 0 Å². The number of sulfonamides is 2. The minimum absolute atomic E-state index is 0.0276. The lowest BCUT2D eigenvalue weighted by Gasteiger charge is -2.36. The maximum atomic E-state index is 12.9. The Bertz CT molecular complexity index is 785. The van der Waals surface area contributed by atoms with E-state index in [0.717, 1.165) is 12.8 Å². The topological polar surface area (TPSA) is 116 Å². The van der Waals surface area contributed by atoms with Gasteiger partial charge >= 0.3 is 0 Å². The van der Waals surface area contributed by atoms with Gasteiger partial charge < -0.3 is 9.47 Å². The molecule has 2 N–H and O–H groups in total. The Labute approximate surface area is 141 Å². The second-order valence-corrected chi connectivity index (χ2v) is 9.26. The second-order valence-electron chi connectivity index (χ2n) is 5.81. The summed E-state index contributed by atoms with van der Waals surface area (Å²) in [4.78, 5) is -0.0982. The molecule has 0 aromatic heterocycles. The smallest absolute Gasteiger partial charge is 0.243 e. The van der Waals surface area contributed by atoms with E-state index in [9.17, 15) is 16.8 Å². The molecule has 1 aromatic carbocycles. The van der Waals surface area contributed by atoms with Gasteiger partial charge in [0.2, 0.25) is 20.0 Å². The van der Waals surface area contributed by atoms with Gasteiger partial charge in [-0.25, -0.2) is 22.0 Å². The van der Waals surface area contributed by atoms with Crippen LogP contribution >= 0.6 is 0 Å². The Hall–Kier alpha value is -1.04. The van der Waals surface area contributed by atoms with Gasteiger partial charge in [-0.3, -0.25) is 0 Å². The number of primary sulfonamides is 1. The summed E-state index contributed by atoms with van der Waals surface area (Å²) in [5.74, 6) is 0. The van der Waals surface area contributed by atoms with E-state index in [1.54, 1.807) is 0 Å². The Morgan fingerprint density at radius 2 is 1.54 bits per heavy atom. The molecule has 3 rings (SSSR count). The van der Waals surface area contributed by atoms with Crippen LogP contribution in [0.5, 0.6) is 0 Å². The summed E-state index contributed by atoms with van der Waals surface area (Å²) >= 11 is 0. The van der Waals surface area contributed by atoms with E-state index in [0.29, 0.717) is 26.2 Å². The van der Waals surface area contributed by atoms with Crippen molar-refractivity contribution in [1.29, 1.82) is 0 Å². The van der Waals surface area contributed by atoms with E-state index >= 15 is 0 Å². The summed E-state index contributed by atoms with van der Waals surface area (Å²) in [7, 11) is -7.64. The molecule has 0 unspecified atom stereocenters. The van der Waals surface area contributed by atoms with Gasteiger partial charge in [-0.05, 0) is 37.1 Å². The number of hydrogen-bond acceptors (Lipinski definition) is 6. The maximum Gasteiger partial charge on any atom is 0.243 e. The molecule has 8 nitrogen and oxygen atoms in total. The highest BCUT2D eigenvalue weighted by Gasteiger charge is 2.40. The number of nitrogens with two attached hydrogens (primary N) is 1. The van der Waals surface area contributed by atoms with E-state index in [1.807, 2.05) is 0 Å². The summed E-state index contributed by atoms with van der Waals surface area (Å²) in [6, 6.07) is 4.55. The third-order valence-electron chi connectivity index (χ3n) is 4.22. The lowest BCUT2D eigenvalue weighted by atomic mass is 10.0. The van der Waals surface area contributed by atoms with E-state index in [-0.39, 0.29) is 15.8 Å². The highest BCUT2D eigenvalue weighted by molar-refractivity contribution is 7.89. The molecule has 2 heterocycles. The summed E-state index contributed by atoms with van der Waals surface area (Å²) in [6.45, 7) is 1.30. The van der Waals surface area contributed by atoms with Gasteiger partial charge in [-0.2, -0.15) is 4.31 Å². The highest BCUT2D eigenvalue weighted by Crippen LogP contribution is 2.30. The minimum atomic E-state index is -3.86. The van der Waals surface area contributed by atoms with Crippen LogP contribution in [0.1, 0.15) is 19.3 Å². The lowest BCUT2D eigenvalue weighted by Crippen LogP contribution is -2.50. The van der Waals surface area contributed by atoms with Crippen LogP contribution < -0.4 is 5.14 Å². The zero-order valence-electron chi connectivity index (χ0n) is 13.0. The SMILES string of the molecule is NS(=O)(=O)c1ccc(S(=O)(=O)N2CCCC[C@H]2C2OCCO2)cc1. The summed E-state index contributed by atoms with van der Waals surface area (Å²) in [6.07, 6.45) is 1.78. The van der Waals surface area contributed by atoms with Gasteiger partial charge in [0.05, 0.1) is 29.0 Å². The van der Waals surface area contributed by atoms with Crippen molar-refractivity contribution < 1.29 is 26.3 Å². The lowest BCUT2D eigenvalue weighted by molar-refractivity contribution is -0.0913. The molecule has 0 amide bonds. The average molecular weight is 376 g/mol. The standard InChI is InChI=1S/C14H20N2O6S2/c15-23(17,18)11-4-6-12(7-5-11)24(19,20)16-8-2-1-3-13(16)14-21-9-10-22-14/h4-7,13-14H,1-3,8-10H2,(H2,15,17,18)/t13-/m0/s1. The monoisotopic (exact) mass is 376 g/mol. The second kappa shape index (κ2) is 6.70. The predicted octanol–water partition coefficient (Wildman–Crippen LogP) is 0.250. The average Bonchev–Trinajstić information content (AvgIpc) is 3.08. The van der Waals surface area contributed by atoms with Crippen molar-refractivity contribution in [1.82, 2.24) is 4.31 Å². The third kappa shape index (κ3) is 3.48. The molecule has 0 aliphatic carbocycles. The molecular weight excluding hydrogens is 356 g/mol. The zero-order chi connectivity index (χ0) is 17.4. The van der Waals surface area contributed by atoms with E-state index in [2.05, 4.69) is 0 Å². The fourth-order valence-electron chi connectivity index (χ4n) is 3.04. The van der Waals surface area contributed by atoms with Crippen molar-refractivity contribution in [3.63, 3.8) is 0 Å². The molecule has 0 spiro atoms. The molecule has 0 radical (unpaired) electrons. The predicted molar refractivity (Wildman–Crippen MR) is 85.0 cm³/mol. The number of benzene rings is 1. The van der Waals surface area contributed by atoms with Crippen molar-refractivity contribution in [3.8, 4) is 0 Å². The van der Waals surface area contributed by atoms with Gasteiger partial charge in [-0.1, -0.05) is 6.42 Å². The van der Waals surface area contributed by atoms with E-state index in [1.165, 1.54) is 28.6 Å². The molecule has 10 heteroatoms. The molecule has 2 saturated heterocycles. The van der Waals surface area contributed by atoms with Crippen LogP contribution in [0.3, 0.4) is 0 Å². The van der Waals surface area contributed by atoms with Crippen molar-refractivity contribution in [2.75, 3.05) is 19.8 Å². The maximum absolute atomic E-state index is 12.9. The van der Waals surface area contributed by atoms with Crippen molar-refractivity contribution >= 4 is 20.0 Å². The Balaban J connectivity index is 1.90. The summed E-state index contributed by atoms with van der Waals surface area (Å²) in [5, 5.41) is 5.04. The summed E-state index contributed by atoms with van der Waals surface area (Å²) in [5.41, 5.74) is 0. The van der Waals surface area contributed by atoms with E-state index < -0.39 is 26.3 Å². The minimum Gasteiger partial charge on any atom is -0.349 e. The Kier molecular flexibility index (Phi) is 4.96. The van der Waals surface area contributed by atoms with Gasteiger partial charge in [0, 0.05) is 6.54 Å². The summed E-state index contributed by atoms with van der Waals surface area (Å²) < 4.78 is 60.9. The third-order valence-corrected chi connectivity index (χ3v) is 7.09. The fraction of sp³-hybridized carbons (Fsp3) is 0.571. The van der Waals surface area contributed by atoms with Crippen LogP contribution in [0.4, 0.5) is 0 Å². The van der Waals surface area contributed by atoms with Gasteiger partial charge in [0.15, 0.2) is 6.29 Å². The normalized spacial score (nSPS) is 24.3. The molecule has 134 valence electrons. The number of rotatable bonds is 4.